The van der Waals surface area contributed by atoms with Gasteiger partial charge in [-0.3, -0.25) is 0 Å². The van der Waals surface area contributed by atoms with E-state index in [9.17, 15) is 5.11 Å². The van der Waals surface area contributed by atoms with Gasteiger partial charge in [-0.05, 0) is 42.7 Å². The maximum Gasteiger partial charge on any atom is 0.119 e. The molecule has 4 heteroatoms. The van der Waals surface area contributed by atoms with Crippen LogP contribution in [0, 0.1) is 5.92 Å². The van der Waals surface area contributed by atoms with Gasteiger partial charge in [0.25, 0.3) is 0 Å². The van der Waals surface area contributed by atoms with Gasteiger partial charge in [0, 0.05) is 18.3 Å². The Hall–Kier alpha value is -0.710. The molecule has 1 saturated heterocycles. The highest BCUT2D eigenvalue weighted by molar-refractivity contribution is 7.99. The molecule has 0 radical (unpaired) electrons. The lowest BCUT2D eigenvalue weighted by molar-refractivity contribution is 0.0651. The lowest BCUT2D eigenvalue weighted by Gasteiger charge is -2.24. The predicted octanol–water partition coefficient (Wildman–Crippen LogP) is 3.24. The first-order valence-electron chi connectivity index (χ1n) is 7.75. The summed E-state index contributed by atoms with van der Waals surface area (Å²) in [6, 6.07) is 8.48. The SMILES string of the molecule is CC(C)COc1ccc(C(C)NCC2(O)CCSC2)cc1. The van der Waals surface area contributed by atoms with E-state index in [0.29, 0.717) is 12.5 Å². The number of hydrogen-bond donors (Lipinski definition) is 2. The van der Waals surface area contributed by atoms with Crippen LogP contribution < -0.4 is 10.1 Å². The van der Waals surface area contributed by atoms with E-state index >= 15 is 0 Å². The van der Waals surface area contributed by atoms with Gasteiger partial charge in [0.15, 0.2) is 0 Å². The molecule has 21 heavy (non-hydrogen) atoms. The molecule has 2 rings (SSSR count). The zero-order valence-corrected chi connectivity index (χ0v) is 14.1. The highest BCUT2D eigenvalue weighted by atomic mass is 32.2. The van der Waals surface area contributed by atoms with E-state index in [4.69, 9.17) is 4.74 Å². The van der Waals surface area contributed by atoms with E-state index in [-0.39, 0.29) is 6.04 Å². The first kappa shape index (κ1) is 16.7. The first-order valence-corrected chi connectivity index (χ1v) is 8.90. The van der Waals surface area contributed by atoms with Gasteiger partial charge in [0.2, 0.25) is 0 Å². The van der Waals surface area contributed by atoms with Gasteiger partial charge >= 0.3 is 0 Å². The Morgan fingerprint density at radius 2 is 2.00 bits per heavy atom. The zero-order chi connectivity index (χ0) is 15.3. The van der Waals surface area contributed by atoms with Crippen LogP contribution in [0.2, 0.25) is 0 Å². The van der Waals surface area contributed by atoms with Crippen LogP contribution in [0.25, 0.3) is 0 Å². The summed E-state index contributed by atoms with van der Waals surface area (Å²) in [4.78, 5) is 0. The van der Waals surface area contributed by atoms with Crippen LogP contribution >= 0.6 is 11.8 Å². The lowest BCUT2D eigenvalue weighted by Crippen LogP contribution is -2.41. The lowest BCUT2D eigenvalue weighted by atomic mass is 10.0. The maximum absolute atomic E-state index is 10.3. The molecule has 118 valence electrons. The number of thioether (sulfide) groups is 1. The molecule has 1 aromatic rings. The van der Waals surface area contributed by atoms with E-state index in [1.165, 1.54) is 5.56 Å². The molecule has 0 aliphatic carbocycles. The van der Waals surface area contributed by atoms with E-state index in [2.05, 4.69) is 38.2 Å². The van der Waals surface area contributed by atoms with Crippen molar-refractivity contribution in [2.75, 3.05) is 24.7 Å². The Morgan fingerprint density at radius 3 is 2.57 bits per heavy atom. The van der Waals surface area contributed by atoms with Crippen LogP contribution in [-0.4, -0.2) is 35.4 Å². The summed E-state index contributed by atoms with van der Waals surface area (Å²) in [5.41, 5.74) is 0.695. The van der Waals surface area contributed by atoms with Crippen molar-refractivity contribution >= 4 is 11.8 Å². The highest BCUT2D eigenvalue weighted by Gasteiger charge is 2.31. The molecular formula is C17H27NO2S. The molecule has 1 heterocycles. The second-order valence-corrected chi connectivity index (χ2v) is 7.51. The number of aliphatic hydroxyl groups is 1. The van der Waals surface area contributed by atoms with Crippen molar-refractivity contribution in [2.24, 2.45) is 5.92 Å². The second-order valence-electron chi connectivity index (χ2n) is 6.40. The molecule has 2 N–H and O–H groups in total. The highest BCUT2D eigenvalue weighted by Crippen LogP contribution is 2.28. The molecule has 0 aromatic heterocycles. The van der Waals surface area contributed by atoms with E-state index in [0.717, 1.165) is 30.3 Å². The maximum atomic E-state index is 10.3. The summed E-state index contributed by atoms with van der Waals surface area (Å²) in [7, 11) is 0. The van der Waals surface area contributed by atoms with Crippen LogP contribution in [0.5, 0.6) is 5.75 Å². The molecule has 1 aliphatic heterocycles. The molecule has 0 spiro atoms. The second kappa shape index (κ2) is 7.52. The predicted molar refractivity (Wildman–Crippen MR) is 90.1 cm³/mol. The summed E-state index contributed by atoms with van der Waals surface area (Å²) >= 11 is 1.83. The molecule has 2 atom stereocenters. The fourth-order valence-electron chi connectivity index (χ4n) is 2.31. The average Bonchev–Trinajstić information content (AvgIpc) is 2.90. The molecular weight excluding hydrogens is 282 g/mol. The van der Waals surface area contributed by atoms with Gasteiger partial charge in [-0.1, -0.05) is 26.0 Å². The van der Waals surface area contributed by atoms with E-state index < -0.39 is 5.60 Å². The topological polar surface area (TPSA) is 41.5 Å². The third-order valence-corrected chi connectivity index (χ3v) is 5.02. The minimum Gasteiger partial charge on any atom is -0.493 e. The molecule has 1 fully saturated rings. The van der Waals surface area contributed by atoms with Gasteiger partial charge in [-0.2, -0.15) is 11.8 Å². The van der Waals surface area contributed by atoms with Crippen molar-refractivity contribution in [1.82, 2.24) is 5.32 Å². The van der Waals surface area contributed by atoms with Gasteiger partial charge in [-0.25, -0.2) is 0 Å². The number of hydrogen-bond acceptors (Lipinski definition) is 4. The fourth-order valence-corrected chi connectivity index (χ4v) is 3.61. The summed E-state index contributed by atoms with van der Waals surface area (Å²) < 4.78 is 5.70. The number of benzene rings is 1. The van der Waals surface area contributed by atoms with Crippen LogP contribution in [-0.2, 0) is 0 Å². The third kappa shape index (κ3) is 5.20. The first-order chi connectivity index (χ1) is 9.98. The Morgan fingerprint density at radius 1 is 1.29 bits per heavy atom. The molecule has 0 bridgehead atoms. The Bertz CT molecular complexity index is 427. The van der Waals surface area contributed by atoms with E-state index in [1.807, 2.05) is 23.9 Å². The molecule has 0 saturated carbocycles. The molecule has 0 amide bonds. The van der Waals surface area contributed by atoms with Crippen molar-refractivity contribution in [3.63, 3.8) is 0 Å². The molecule has 2 unspecified atom stereocenters. The Balaban J connectivity index is 1.83. The van der Waals surface area contributed by atoms with Gasteiger partial charge in [0.1, 0.15) is 5.75 Å². The largest absolute Gasteiger partial charge is 0.493 e. The average molecular weight is 309 g/mol. The van der Waals surface area contributed by atoms with Crippen molar-refractivity contribution in [3.05, 3.63) is 29.8 Å². The van der Waals surface area contributed by atoms with Crippen molar-refractivity contribution in [3.8, 4) is 5.75 Å². The monoisotopic (exact) mass is 309 g/mol. The standard InChI is InChI=1S/C17H27NO2S/c1-13(2)10-20-16-6-4-15(5-7-16)14(3)18-11-17(19)8-9-21-12-17/h4-7,13-14,18-19H,8-12H2,1-3H3. The minimum atomic E-state index is -0.529. The van der Waals surface area contributed by atoms with Crippen LogP contribution in [0.15, 0.2) is 24.3 Å². The minimum absolute atomic E-state index is 0.235. The zero-order valence-electron chi connectivity index (χ0n) is 13.3. The van der Waals surface area contributed by atoms with Crippen molar-refractivity contribution < 1.29 is 9.84 Å². The molecule has 1 aliphatic rings. The smallest absolute Gasteiger partial charge is 0.119 e. The van der Waals surface area contributed by atoms with Gasteiger partial charge < -0.3 is 15.2 Å². The van der Waals surface area contributed by atoms with Crippen molar-refractivity contribution in [2.45, 2.75) is 38.8 Å². The molecule has 3 nitrogen and oxygen atoms in total. The van der Waals surface area contributed by atoms with Crippen LogP contribution in [0.1, 0.15) is 38.8 Å². The normalized spacial score (nSPS) is 23.5. The Kier molecular flexibility index (Phi) is 5.97. The number of rotatable bonds is 7. The fraction of sp³-hybridized carbons (Fsp3) is 0.647. The van der Waals surface area contributed by atoms with E-state index in [1.54, 1.807) is 0 Å². The van der Waals surface area contributed by atoms with Crippen molar-refractivity contribution in [1.29, 1.82) is 0 Å². The summed E-state index contributed by atoms with van der Waals surface area (Å²) in [6.07, 6.45) is 0.888. The Labute approximate surface area is 132 Å². The quantitative estimate of drug-likeness (QED) is 0.811. The van der Waals surface area contributed by atoms with Gasteiger partial charge in [-0.15, -0.1) is 0 Å². The number of ether oxygens (including phenoxy) is 1. The van der Waals surface area contributed by atoms with Gasteiger partial charge in [0.05, 0.1) is 12.2 Å². The summed E-state index contributed by atoms with van der Waals surface area (Å²) in [5.74, 6) is 3.36. The molecule has 1 aromatic carbocycles. The summed E-state index contributed by atoms with van der Waals surface area (Å²) in [6.45, 7) is 7.83. The number of nitrogens with one attached hydrogen (secondary N) is 1. The third-order valence-electron chi connectivity index (χ3n) is 3.78. The van der Waals surface area contributed by atoms with Crippen LogP contribution in [0.3, 0.4) is 0 Å². The summed E-state index contributed by atoms with van der Waals surface area (Å²) in [5, 5.41) is 13.8. The van der Waals surface area contributed by atoms with Crippen LogP contribution in [0.4, 0.5) is 0 Å².